The lowest BCUT2D eigenvalue weighted by Crippen LogP contribution is -2.59. The van der Waals surface area contributed by atoms with Gasteiger partial charge in [0.2, 0.25) is 0 Å². The molecule has 0 aromatic carbocycles. The van der Waals surface area contributed by atoms with Gasteiger partial charge in [0.1, 0.15) is 0 Å². The van der Waals surface area contributed by atoms with E-state index in [1.54, 1.807) is 0 Å². The predicted octanol–water partition coefficient (Wildman–Crippen LogP) is 2.97. The fourth-order valence-electron chi connectivity index (χ4n) is 4.11. The summed E-state index contributed by atoms with van der Waals surface area (Å²) in [6, 6.07) is 0.827. The predicted molar refractivity (Wildman–Crippen MR) is 78.7 cm³/mol. The molecule has 1 aliphatic heterocycles. The van der Waals surface area contributed by atoms with Crippen LogP contribution >= 0.6 is 0 Å². The molecule has 1 heterocycles. The van der Waals surface area contributed by atoms with Crippen molar-refractivity contribution in [2.24, 2.45) is 5.41 Å². The first kappa shape index (κ1) is 14.2. The van der Waals surface area contributed by atoms with E-state index in [1.807, 2.05) is 0 Å². The van der Waals surface area contributed by atoms with Gasteiger partial charge in [-0.2, -0.15) is 0 Å². The van der Waals surface area contributed by atoms with Gasteiger partial charge in [0, 0.05) is 25.3 Å². The molecule has 1 unspecified atom stereocenters. The standard InChI is InChI=1S/C16H28N2O2/c19-15(17-13-5-3-1-2-4-6-13)18-14-7-8-16(14)9-11-20-12-10-16/h13-14H,1-12H2,(H2,17,18,19). The number of amides is 2. The normalized spacial score (nSPS) is 30.3. The minimum atomic E-state index is 0.0625. The van der Waals surface area contributed by atoms with Gasteiger partial charge in [-0.05, 0) is 43.9 Å². The van der Waals surface area contributed by atoms with Crippen LogP contribution in [0.25, 0.3) is 0 Å². The van der Waals surface area contributed by atoms with E-state index in [4.69, 9.17) is 4.74 Å². The van der Waals surface area contributed by atoms with Gasteiger partial charge in [0.15, 0.2) is 0 Å². The molecule has 0 aromatic rings. The van der Waals surface area contributed by atoms with Crippen LogP contribution < -0.4 is 10.6 Å². The molecular weight excluding hydrogens is 252 g/mol. The summed E-state index contributed by atoms with van der Waals surface area (Å²) in [6.45, 7) is 1.73. The summed E-state index contributed by atoms with van der Waals surface area (Å²) in [7, 11) is 0. The third kappa shape index (κ3) is 3.11. The van der Waals surface area contributed by atoms with E-state index in [9.17, 15) is 4.79 Å². The average Bonchev–Trinajstić information content (AvgIpc) is 2.73. The molecule has 1 atom stereocenters. The van der Waals surface area contributed by atoms with Crippen LogP contribution in [-0.2, 0) is 4.74 Å². The van der Waals surface area contributed by atoms with Gasteiger partial charge in [-0.25, -0.2) is 4.79 Å². The molecule has 114 valence electrons. The maximum Gasteiger partial charge on any atom is 0.315 e. The van der Waals surface area contributed by atoms with Crippen LogP contribution in [0.4, 0.5) is 4.79 Å². The summed E-state index contributed by atoms with van der Waals surface area (Å²) in [5, 5.41) is 6.44. The molecule has 3 rings (SSSR count). The summed E-state index contributed by atoms with van der Waals surface area (Å²) in [5.41, 5.74) is 0.346. The molecule has 4 heteroatoms. The Labute approximate surface area is 122 Å². The number of rotatable bonds is 2. The number of hydrogen-bond acceptors (Lipinski definition) is 2. The zero-order valence-corrected chi connectivity index (χ0v) is 12.5. The van der Waals surface area contributed by atoms with Gasteiger partial charge >= 0.3 is 6.03 Å². The van der Waals surface area contributed by atoms with E-state index < -0.39 is 0 Å². The summed E-state index contributed by atoms with van der Waals surface area (Å²) in [5.74, 6) is 0. The fraction of sp³-hybridized carbons (Fsp3) is 0.938. The number of nitrogens with one attached hydrogen (secondary N) is 2. The number of ether oxygens (including phenoxy) is 1. The monoisotopic (exact) mass is 280 g/mol. The molecule has 1 spiro atoms. The molecule has 20 heavy (non-hydrogen) atoms. The molecule has 2 N–H and O–H groups in total. The Morgan fingerprint density at radius 2 is 1.60 bits per heavy atom. The Hall–Kier alpha value is -0.770. The van der Waals surface area contributed by atoms with Gasteiger partial charge in [-0.15, -0.1) is 0 Å². The lowest BCUT2D eigenvalue weighted by Gasteiger charge is -2.52. The molecule has 4 nitrogen and oxygen atoms in total. The van der Waals surface area contributed by atoms with Gasteiger partial charge in [0.05, 0.1) is 0 Å². The zero-order valence-electron chi connectivity index (χ0n) is 12.5. The first-order valence-corrected chi connectivity index (χ1v) is 8.43. The highest BCUT2D eigenvalue weighted by Crippen LogP contribution is 2.48. The summed E-state index contributed by atoms with van der Waals surface area (Å²) < 4.78 is 5.46. The maximum absolute atomic E-state index is 12.2. The molecule has 2 saturated carbocycles. The van der Waals surface area contributed by atoms with E-state index in [1.165, 1.54) is 32.1 Å². The number of hydrogen-bond donors (Lipinski definition) is 2. The molecule has 0 radical (unpaired) electrons. The fourth-order valence-corrected chi connectivity index (χ4v) is 4.11. The quantitative estimate of drug-likeness (QED) is 0.764. The molecule has 2 amide bonds. The molecule has 3 aliphatic rings. The number of carbonyl (C=O) groups excluding carboxylic acids is 1. The van der Waals surface area contributed by atoms with Gasteiger partial charge < -0.3 is 15.4 Å². The highest BCUT2D eigenvalue weighted by atomic mass is 16.5. The van der Waals surface area contributed by atoms with Crippen LogP contribution in [0.1, 0.15) is 64.2 Å². The van der Waals surface area contributed by atoms with E-state index in [2.05, 4.69) is 10.6 Å². The molecule has 0 bridgehead atoms. The topological polar surface area (TPSA) is 50.4 Å². The van der Waals surface area contributed by atoms with Crippen molar-refractivity contribution in [3.8, 4) is 0 Å². The van der Waals surface area contributed by atoms with Crippen molar-refractivity contribution in [3.05, 3.63) is 0 Å². The summed E-state index contributed by atoms with van der Waals surface area (Å²) in [6.07, 6.45) is 12.1. The lowest BCUT2D eigenvalue weighted by atomic mass is 9.60. The van der Waals surface area contributed by atoms with E-state index in [0.29, 0.717) is 17.5 Å². The lowest BCUT2D eigenvalue weighted by molar-refractivity contribution is -0.0512. The van der Waals surface area contributed by atoms with Crippen molar-refractivity contribution in [2.75, 3.05) is 13.2 Å². The Morgan fingerprint density at radius 3 is 2.20 bits per heavy atom. The van der Waals surface area contributed by atoms with Crippen molar-refractivity contribution < 1.29 is 9.53 Å². The van der Waals surface area contributed by atoms with Crippen LogP contribution in [0.5, 0.6) is 0 Å². The van der Waals surface area contributed by atoms with E-state index in [0.717, 1.165) is 45.3 Å². The van der Waals surface area contributed by atoms with Crippen molar-refractivity contribution >= 4 is 6.03 Å². The van der Waals surface area contributed by atoms with Crippen molar-refractivity contribution in [2.45, 2.75) is 76.3 Å². The average molecular weight is 280 g/mol. The van der Waals surface area contributed by atoms with Crippen LogP contribution in [-0.4, -0.2) is 31.3 Å². The summed E-state index contributed by atoms with van der Waals surface area (Å²) >= 11 is 0. The van der Waals surface area contributed by atoms with Crippen LogP contribution in [0.2, 0.25) is 0 Å². The second-order valence-electron chi connectivity index (χ2n) is 6.87. The highest BCUT2D eigenvalue weighted by Gasteiger charge is 2.48. The van der Waals surface area contributed by atoms with E-state index >= 15 is 0 Å². The third-order valence-electron chi connectivity index (χ3n) is 5.65. The Balaban J connectivity index is 1.46. The van der Waals surface area contributed by atoms with Crippen molar-refractivity contribution in [1.29, 1.82) is 0 Å². The SMILES string of the molecule is O=C(NC1CCCCCC1)NC1CCC12CCOCC2. The first-order chi connectivity index (χ1) is 9.78. The van der Waals surface area contributed by atoms with Crippen molar-refractivity contribution in [3.63, 3.8) is 0 Å². The summed E-state index contributed by atoms with van der Waals surface area (Å²) in [4.78, 5) is 12.2. The molecule has 2 aliphatic carbocycles. The zero-order chi connectivity index (χ0) is 13.8. The minimum absolute atomic E-state index is 0.0625. The van der Waals surface area contributed by atoms with Gasteiger partial charge in [-0.1, -0.05) is 25.7 Å². The highest BCUT2D eigenvalue weighted by molar-refractivity contribution is 5.74. The third-order valence-corrected chi connectivity index (χ3v) is 5.65. The van der Waals surface area contributed by atoms with Crippen LogP contribution in [0.15, 0.2) is 0 Å². The molecule has 1 saturated heterocycles. The Kier molecular flexibility index (Phi) is 4.49. The second kappa shape index (κ2) is 6.33. The van der Waals surface area contributed by atoms with Gasteiger partial charge in [-0.3, -0.25) is 0 Å². The second-order valence-corrected chi connectivity index (χ2v) is 6.87. The van der Waals surface area contributed by atoms with E-state index in [-0.39, 0.29) is 6.03 Å². The van der Waals surface area contributed by atoms with Crippen LogP contribution in [0.3, 0.4) is 0 Å². The molecule has 3 fully saturated rings. The van der Waals surface area contributed by atoms with Crippen LogP contribution in [0, 0.1) is 5.41 Å². The molecule has 0 aromatic heterocycles. The Bertz CT molecular complexity index is 331. The number of urea groups is 1. The first-order valence-electron chi connectivity index (χ1n) is 8.43. The smallest absolute Gasteiger partial charge is 0.315 e. The minimum Gasteiger partial charge on any atom is -0.381 e. The van der Waals surface area contributed by atoms with Crippen molar-refractivity contribution in [1.82, 2.24) is 10.6 Å². The Morgan fingerprint density at radius 1 is 0.900 bits per heavy atom. The number of carbonyl (C=O) groups is 1. The molecular formula is C16H28N2O2. The van der Waals surface area contributed by atoms with Gasteiger partial charge in [0.25, 0.3) is 0 Å². The largest absolute Gasteiger partial charge is 0.381 e. The maximum atomic E-state index is 12.2.